The maximum Gasteiger partial charge on any atom is 0.228 e. The van der Waals surface area contributed by atoms with Gasteiger partial charge in [0.1, 0.15) is 12.4 Å². The average molecular weight is 312 g/mol. The van der Waals surface area contributed by atoms with Gasteiger partial charge in [-0.3, -0.25) is 4.79 Å². The number of hydrogen-bond acceptors (Lipinski definition) is 3. The Morgan fingerprint density at radius 1 is 1.09 bits per heavy atom. The van der Waals surface area contributed by atoms with Crippen molar-refractivity contribution in [3.8, 4) is 5.75 Å². The Hall–Kier alpha value is -2.33. The fourth-order valence-corrected chi connectivity index (χ4v) is 2.67. The SMILES string of the molecule is Cc1cc(C)c(CC(=O)Nc2ccc(OCCN)cc2)c(C)c1. The van der Waals surface area contributed by atoms with Crippen molar-refractivity contribution < 1.29 is 9.53 Å². The number of benzene rings is 2. The number of nitrogens with one attached hydrogen (secondary N) is 1. The highest BCUT2D eigenvalue weighted by Crippen LogP contribution is 2.19. The van der Waals surface area contributed by atoms with Gasteiger partial charge in [-0.2, -0.15) is 0 Å². The number of aryl methyl sites for hydroxylation is 3. The summed E-state index contributed by atoms with van der Waals surface area (Å²) in [6, 6.07) is 11.5. The lowest BCUT2D eigenvalue weighted by Crippen LogP contribution is -2.16. The summed E-state index contributed by atoms with van der Waals surface area (Å²) in [5, 5.41) is 2.92. The van der Waals surface area contributed by atoms with Crippen molar-refractivity contribution in [3.63, 3.8) is 0 Å². The van der Waals surface area contributed by atoms with Crippen LogP contribution in [0, 0.1) is 20.8 Å². The van der Waals surface area contributed by atoms with E-state index in [1.165, 1.54) is 5.56 Å². The first-order valence-electron chi connectivity index (χ1n) is 7.79. The van der Waals surface area contributed by atoms with Crippen molar-refractivity contribution in [2.45, 2.75) is 27.2 Å². The lowest BCUT2D eigenvalue weighted by atomic mass is 9.97. The van der Waals surface area contributed by atoms with Gasteiger partial charge in [0.25, 0.3) is 0 Å². The van der Waals surface area contributed by atoms with Crippen LogP contribution in [-0.4, -0.2) is 19.1 Å². The topological polar surface area (TPSA) is 64.3 Å². The van der Waals surface area contributed by atoms with Crippen molar-refractivity contribution in [1.82, 2.24) is 0 Å². The molecule has 0 aromatic heterocycles. The summed E-state index contributed by atoms with van der Waals surface area (Å²) >= 11 is 0. The Balaban J connectivity index is 2.00. The Bertz CT molecular complexity index is 655. The highest BCUT2D eigenvalue weighted by Gasteiger charge is 2.10. The molecule has 0 aliphatic rings. The highest BCUT2D eigenvalue weighted by molar-refractivity contribution is 5.92. The summed E-state index contributed by atoms with van der Waals surface area (Å²) in [5.41, 5.74) is 10.8. The molecule has 3 N–H and O–H groups in total. The molecular weight excluding hydrogens is 288 g/mol. The zero-order chi connectivity index (χ0) is 16.8. The van der Waals surface area contributed by atoms with Crippen LogP contribution < -0.4 is 15.8 Å². The minimum atomic E-state index is -0.0179. The van der Waals surface area contributed by atoms with E-state index in [4.69, 9.17) is 10.5 Å². The van der Waals surface area contributed by atoms with Gasteiger partial charge in [0.2, 0.25) is 5.91 Å². The molecule has 0 aliphatic heterocycles. The van der Waals surface area contributed by atoms with Gasteiger partial charge < -0.3 is 15.8 Å². The Kier molecular flexibility index (Phi) is 5.77. The molecule has 2 aromatic rings. The van der Waals surface area contributed by atoms with Gasteiger partial charge in [-0.1, -0.05) is 17.7 Å². The first kappa shape index (κ1) is 17.0. The maximum absolute atomic E-state index is 12.3. The zero-order valence-electron chi connectivity index (χ0n) is 14.0. The molecule has 0 unspecified atom stereocenters. The molecule has 0 bridgehead atoms. The third-order valence-electron chi connectivity index (χ3n) is 3.70. The van der Waals surface area contributed by atoms with Gasteiger partial charge in [-0.05, 0) is 61.7 Å². The third kappa shape index (κ3) is 4.83. The number of ether oxygens (including phenoxy) is 1. The van der Waals surface area contributed by atoms with Crippen LogP contribution in [0.25, 0.3) is 0 Å². The van der Waals surface area contributed by atoms with Crippen LogP contribution in [0.2, 0.25) is 0 Å². The lowest BCUT2D eigenvalue weighted by molar-refractivity contribution is -0.115. The number of carbonyl (C=O) groups is 1. The maximum atomic E-state index is 12.3. The molecule has 0 heterocycles. The van der Waals surface area contributed by atoms with Gasteiger partial charge in [-0.25, -0.2) is 0 Å². The van der Waals surface area contributed by atoms with Gasteiger partial charge in [0.15, 0.2) is 0 Å². The van der Waals surface area contributed by atoms with E-state index in [1.807, 2.05) is 38.1 Å². The second-order valence-electron chi connectivity index (χ2n) is 5.76. The molecule has 122 valence electrons. The molecule has 2 aromatic carbocycles. The summed E-state index contributed by atoms with van der Waals surface area (Å²) in [5.74, 6) is 0.731. The normalized spacial score (nSPS) is 10.4. The van der Waals surface area contributed by atoms with Gasteiger partial charge in [0, 0.05) is 12.2 Å². The van der Waals surface area contributed by atoms with Gasteiger partial charge in [0.05, 0.1) is 6.42 Å². The molecule has 0 atom stereocenters. The van der Waals surface area contributed by atoms with E-state index in [1.54, 1.807) is 0 Å². The number of carbonyl (C=O) groups excluding carboxylic acids is 1. The third-order valence-corrected chi connectivity index (χ3v) is 3.70. The van der Waals surface area contributed by atoms with Gasteiger partial charge >= 0.3 is 0 Å². The standard InChI is InChI=1S/C19H24N2O2/c1-13-10-14(2)18(15(3)11-13)12-19(22)21-16-4-6-17(7-5-16)23-9-8-20/h4-7,10-11H,8-9,12,20H2,1-3H3,(H,21,22). The molecule has 0 fully saturated rings. The van der Waals surface area contributed by atoms with Crippen LogP contribution >= 0.6 is 0 Å². The van der Waals surface area contributed by atoms with Crippen molar-refractivity contribution in [2.75, 3.05) is 18.5 Å². The Morgan fingerprint density at radius 3 is 2.26 bits per heavy atom. The molecule has 0 aliphatic carbocycles. The summed E-state index contributed by atoms with van der Waals surface area (Å²) in [6.45, 7) is 7.13. The van der Waals surface area contributed by atoms with Crippen molar-refractivity contribution in [2.24, 2.45) is 5.73 Å². The van der Waals surface area contributed by atoms with Crippen LogP contribution in [0.3, 0.4) is 0 Å². The fourth-order valence-electron chi connectivity index (χ4n) is 2.67. The van der Waals surface area contributed by atoms with E-state index in [-0.39, 0.29) is 5.91 Å². The smallest absolute Gasteiger partial charge is 0.228 e. The monoisotopic (exact) mass is 312 g/mol. The first-order chi connectivity index (χ1) is 11.0. The minimum absolute atomic E-state index is 0.0179. The molecule has 0 spiro atoms. The van der Waals surface area contributed by atoms with E-state index < -0.39 is 0 Å². The molecule has 0 saturated carbocycles. The molecule has 0 saturated heterocycles. The van der Waals surface area contributed by atoms with E-state index in [0.717, 1.165) is 28.1 Å². The van der Waals surface area contributed by atoms with Crippen molar-refractivity contribution in [1.29, 1.82) is 0 Å². The van der Waals surface area contributed by atoms with Crippen LogP contribution in [0.5, 0.6) is 5.75 Å². The lowest BCUT2D eigenvalue weighted by Gasteiger charge is -2.12. The van der Waals surface area contributed by atoms with Crippen LogP contribution in [-0.2, 0) is 11.2 Å². The van der Waals surface area contributed by atoms with Crippen molar-refractivity contribution >= 4 is 11.6 Å². The van der Waals surface area contributed by atoms with Gasteiger partial charge in [-0.15, -0.1) is 0 Å². The second kappa shape index (κ2) is 7.79. The Morgan fingerprint density at radius 2 is 1.70 bits per heavy atom. The van der Waals surface area contributed by atoms with Crippen molar-refractivity contribution in [3.05, 3.63) is 58.7 Å². The first-order valence-corrected chi connectivity index (χ1v) is 7.79. The predicted molar refractivity (Wildman–Crippen MR) is 94.0 cm³/mol. The fraction of sp³-hybridized carbons (Fsp3) is 0.316. The molecule has 4 heteroatoms. The number of nitrogens with two attached hydrogens (primary N) is 1. The number of amides is 1. The molecule has 2 rings (SSSR count). The minimum Gasteiger partial charge on any atom is -0.492 e. The molecule has 1 amide bonds. The van der Waals surface area contributed by atoms with Crippen LogP contribution in [0.1, 0.15) is 22.3 Å². The van der Waals surface area contributed by atoms with E-state index in [2.05, 4.69) is 24.4 Å². The summed E-state index contributed by atoms with van der Waals surface area (Å²) < 4.78 is 5.42. The Labute approximate surface area is 137 Å². The number of anilines is 1. The molecule has 23 heavy (non-hydrogen) atoms. The largest absolute Gasteiger partial charge is 0.492 e. The quantitative estimate of drug-likeness (QED) is 0.861. The average Bonchev–Trinajstić information content (AvgIpc) is 2.50. The number of rotatable bonds is 6. The van der Waals surface area contributed by atoms with E-state index in [9.17, 15) is 4.79 Å². The van der Waals surface area contributed by atoms with E-state index in [0.29, 0.717) is 19.6 Å². The van der Waals surface area contributed by atoms with Crippen LogP contribution in [0.15, 0.2) is 36.4 Å². The summed E-state index contributed by atoms with van der Waals surface area (Å²) in [7, 11) is 0. The van der Waals surface area contributed by atoms with Crippen LogP contribution in [0.4, 0.5) is 5.69 Å². The predicted octanol–water partition coefficient (Wildman–Crippen LogP) is 3.13. The molecule has 0 radical (unpaired) electrons. The zero-order valence-corrected chi connectivity index (χ0v) is 14.0. The summed E-state index contributed by atoms with van der Waals surface area (Å²) in [4.78, 5) is 12.3. The molecular formula is C19H24N2O2. The molecule has 4 nitrogen and oxygen atoms in total. The second-order valence-corrected chi connectivity index (χ2v) is 5.76. The number of hydrogen-bond donors (Lipinski definition) is 2. The van der Waals surface area contributed by atoms with E-state index >= 15 is 0 Å². The highest BCUT2D eigenvalue weighted by atomic mass is 16.5. The summed E-state index contributed by atoms with van der Waals surface area (Å²) in [6.07, 6.45) is 0.378.